The lowest BCUT2D eigenvalue weighted by Gasteiger charge is -2.10. The fourth-order valence-corrected chi connectivity index (χ4v) is 2.92. The van der Waals surface area contributed by atoms with Crippen molar-refractivity contribution in [3.05, 3.63) is 89.5 Å². The molecule has 0 saturated heterocycles. The van der Waals surface area contributed by atoms with E-state index in [9.17, 15) is 4.79 Å². The molecule has 26 heavy (non-hydrogen) atoms. The number of fused-ring (bicyclic) bond motifs is 1. The summed E-state index contributed by atoms with van der Waals surface area (Å²) in [5.74, 6) is 0.463. The maximum atomic E-state index is 12.5. The van der Waals surface area contributed by atoms with E-state index in [0.29, 0.717) is 22.1 Å². The molecule has 4 aromatic rings. The summed E-state index contributed by atoms with van der Waals surface area (Å²) in [4.78, 5) is 25.1. The van der Waals surface area contributed by atoms with Crippen molar-refractivity contribution < 1.29 is 4.79 Å². The molecule has 4 rings (SSSR count). The highest BCUT2D eigenvalue weighted by atomic mass is 35.5. The predicted molar refractivity (Wildman–Crippen MR) is 102 cm³/mol. The Balaban J connectivity index is 1.65. The SMILES string of the molecule is O=C(c1ccccn1)c1ccc(Nc2ncnc3ccccc23)cc1Cl. The fraction of sp³-hybridized carbons (Fsp3) is 0. The van der Waals surface area contributed by atoms with Crippen LogP contribution < -0.4 is 5.32 Å². The molecule has 0 aliphatic carbocycles. The number of carbonyl (C=O) groups excluding carboxylic acids is 1. The van der Waals surface area contributed by atoms with Gasteiger partial charge in [-0.15, -0.1) is 0 Å². The molecule has 0 atom stereocenters. The minimum absolute atomic E-state index is 0.213. The highest BCUT2D eigenvalue weighted by molar-refractivity contribution is 6.35. The van der Waals surface area contributed by atoms with Gasteiger partial charge in [0.15, 0.2) is 0 Å². The Kier molecular flexibility index (Phi) is 4.29. The molecule has 2 heterocycles. The van der Waals surface area contributed by atoms with Crippen LogP contribution in [-0.4, -0.2) is 20.7 Å². The molecule has 0 amide bonds. The lowest BCUT2D eigenvalue weighted by atomic mass is 10.1. The summed E-state index contributed by atoms with van der Waals surface area (Å²) in [6, 6.07) is 18.1. The summed E-state index contributed by atoms with van der Waals surface area (Å²) < 4.78 is 0. The molecule has 0 spiro atoms. The number of hydrogen-bond acceptors (Lipinski definition) is 5. The van der Waals surface area contributed by atoms with Gasteiger partial charge < -0.3 is 5.32 Å². The van der Waals surface area contributed by atoms with Crippen LogP contribution in [0.5, 0.6) is 0 Å². The Bertz CT molecular complexity index is 1090. The van der Waals surface area contributed by atoms with Crippen LogP contribution >= 0.6 is 11.6 Å². The van der Waals surface area contributed by atoms with Crippen LogP contribution in [0.15, 0.2) is 73.2 Å². The molecule has 5 nitrogen and oxygen atoms in total. The van der Waals surface area contributed by atoms with Crippen LogP contribution in [0.2, 0.25) is 5.02 Å². The minimum atomic E-state index is -0.213. The van der Waals surface area contributed by atoms with Gasteiger partial charge in [-0.1, -0.05) is 29.8 Å². The van der Waals surface area contributed by atoms with Gasteiger partial charge in [-0.2, -0.15) is 0 Å². The molecule has 1 N–H and O–H groups in total. The van der Waals surface area contributed by atoms with E-state index in [0.717, 1.165) is 16.6 Å². The highest BCUT2D eigenvalue weighted by Gasteiger charge is 2.14. The second-order valence-electron chi connectivity index (χ2n) is 5.60. The largest absolute Gasteiger partial charge is 0.340 e. The normalized spacial score (nSPS) is 10.7. The Morgan fingerprint density at radius 1 is 0.923 bits per heavy atom. The number of halogens is 1. The number of pyridine rings is 1. The van der Waals surface area contributed by atoms with E-state index in [-0.39, 0.29) is 5.78 Å². The molecule has 2 aromatic heterocycles. The van der Waals surface area contributed by atoms with Gasteiger partial charge in [0.1, 0.15) is 17.8 Å². The van der Waals surface area contributed by atoms with Crippen LogP contribution in [0.3, 0.4) is 0 Å². The maximum absolute atomic E-state index is 12.5. The van der Waals surface area contributed by atoms with Crippen LogP contribution in [0, 0.1) is 0 Å². The summed E-state index contributed by atoms with van der Waals surface area (Å²) in [6.07, 6.45) is 3.09. The Labute approximate surface area is 154 Å². The molecule has 2 aromatic carbocycles. The lowest BCUT2D eigenvalue weighted by Crippen LogP contribution is -2.05. The third kappa shape index (κ3) is 3.12. The van der Waals surface area contributed by atoms with Gasteiger partial charge in [0, 0.05) is 22.8 Å². The number of benzene rings is 2. The van der Waals surface area contributed by atoms with Crippen molar-refractivity contribution in [2.24, 2.45) is 0 Å². The summed E-state index contributed by atoms with van der Waals surface area (Å²) in [5.41, 5.74) is 2.34. The Hall–Kier alpha value is -3.31. The summed E-state index contributed by atoms with van der Waals surface area (Å²) in [7, 11) is 0. The van der Waals surface area contributed by atoms with E-state index < -0.39 is 0 Å². The summed E-state index contributed by atoms with van der Waals surface area (Å²) in [5, 5.41) is 4.48. The van der Waals surface area contributed by atoms with Gasteiger partial charge in [0.05, 0.1) is 10.5 Å². The second-order valence-corrected chi connectivity index (χ2v) is 6.01. The third-order valence-corrected chi connectivity index (χ3v) is 4.23. The fourth-order valence-electron chi connectivity index (χ4n) is 2.65. The second kappa shape index (κ2) is 6.90. The molecule has 0 bridgehead atoms. The standard InChI is InChI=1S/C20H13ClN4O/c21-16-11-13(8-9-14(16)19(26)18-7-3-4-10-22-18)25-20-15-5-1-2-6-17(15)23-12-24-20/h1-12H,(H,23,24,25). The summed E-state index contributed by atoms with van der Waals surface area (Å²) in [6.45, 7) is 0. The highest BCUT2D eigenvalue weighted by Crippen LogP contribution is 2.27. The van der Waals surface area contributed by atoms with Crippen molar-refractivity contribution >= 4 is 39.8 Å². The monoisotopic (exact) mass is 360 g/mol. The molecule has 0 fully saturated rings. The van der Waals surface area contributed by atoms with Gasteiger partial charge in [-0.05, 0) is 42.5 Å². The summed E-state index contributed by atoms with van der Waals surface area (Å²) >= 11 is 6.34. The zero-order valence-corrected chi connectivity index (χ0v) is 14.3. The molecular weight excluding hydrogens is 348 g/mol. The van der Waals surface area contributed by atoms with Crippen molar-refractivity contribution in [3.63, 3.8) is 0 Å². The van der Waals surface area contributed by atoms with Gasteiger partial charge in [-0.3, -0.25) is 9.78 Å². The number of ketones is 1. The molecule has 6 heteroatoms. The van der Waals surface area contributed by atoms with E-state index in [2.05, 4.69) is 20.3 Å². The van der Waals surface area contributed by atoms with Gasteiger partial charge in [0.25, 0.3) is 0 Å². The van der Waals surface area contributed by atoms with Crippen LogP contribution in [0.25, 0.3) is 10.9 Å². The molecule has 0 saturated carbocycles. The first-order valence-corrected chi connectivity index (χ1v) is 8.32. The first-order valence-electron chi connectivity index (χ1n) is 7.94. The quantitative estimate of drug-likeness (QED) is 0.536. The topological polar surface area (TPSA) is 67.8 Å². The maximum Gasteiger partial charge on any atom is 0.212 e. The average Bonchev–Trinajstić information content (AvgIpc) is 2.69. The number of nitrogens with zero attached hydrogens (tertiary/aromatic N) is 3. The van der Waals surface area contributed by atoms with Gasteiger partial charge in [0.2, 0.25) is 5.78 Å². The van der Waals surface area contributed by atoms with E-state index in [1.807, 2.05) is 24.3 Å². The van der Waals surface area contributed by atoms with Crippen molar-refractivity contribution in [2.75, 3.05) is 5.32 Å². The van der Waals surface area contributed by atoms with Crippen molar-refractivity contribution in [3.8, 4) is 0 Å². The average molecular weight is 361 g/mol. The van der Waals surface area contributed by atoms with E-state index in [1.54, 1.807) is 42.6 Å². The van der Waals surface area contributed by atoms with Crippen LogP contribution in [-0.2, 0) is 0 Å². The molecule has 0 unspecified atom stereocenters. The smallest absolute Gasteiger partial charge is 0.212 e. The van der Waals surface area contributed by atoms with Crippen molar-refractivity contribution in [1.29, 1.82) is 0 Å². The predicted octanol–water partition coefficient (Wildman–Crippen LogP) is 4.65. The van der Waals surface area contributed by atoms with E-state index in [4.69, 9.17) is 11.6 Å². The molecular formula is C20H13ClN4O. The lowest BCUT2D eigenvalue weighted by molar-refractivity contribution is 0.103. The van der Waals surface area contributed by atoms with Crippen LogP contribution in [0.1, 0.15) is 16.1 Å². The first-order chi connectivity index (χ1) is 12.7. The first kappa shape index (κ1) is 16.2. The number of anilines is 2. The number of hydrogen-bond donors (Lipinski definition) is 1. The Morgan fingerprint density at radius 3 is 2.58 bits per heavy atom. The third-order valence-electron chi connectivity index (χ3n) is 3.92. The van der Waals surface area contributed by atoms with E-state index >= 15 is 0 Å². The van der Waals surface area contributed by atoms with Gasteiger partial charge in [-0.25, -0.2) is 9.97 Å². The molecule has 0 radical (unpaired) electrons. The Morgan fingerprint density at radius 2 is 1.77 bits per heavy atom. The number of carbonyl (C=O) groups is 1. The zero-order valence-electron chi connectivity index (χ0n) is 13.6. The number of rotatable bonds is 4. The van der Waals surface area contributed by atoms with E-state index in [1.165, 1.54) is 6.33 Å². The van der Waals surface area contributed by atoms with Gasteiger partial charge >= 0.3 is 0 Å². The number of aromatic nitrogens is 3. The number of para-hydroxylation sites is 1. The zero-order chi connectivity index (χ0) is 17.9. The molecule has 0 aliphatic heterocycles. The number of nitrogens with one attached hydrogen (secondary N) is 1. The minimum Gasteiger partial charge on any atom is -0.340 e. The van der Waals surface area contributed by atoms with Crippen LogP contribution in [0.4, 0.5) is 11.5 Å². The van der Waals surface area contributed by atoms with Crippen molar-refractivity contribution in [2.45, 2.75) is 0 Å². The molecule has 126 valence electrons. The molecule has 0 aliphatic rings. The van der Waals surface area contributed by atoms with Crippen molar-refractivity contribution in [1.82, 2.24) is 15.0 Å².